The molecule has 1 aromatic heterocycles. The Morgan fingerprint density at radius 1 is 1.11 bits per heavy atom. The van der Waals surface area contributed by atoms with Crippen LogP contribution in [-0.2, 0) is 4.74 Å². The van der Waals surface area contributed by atoms with Crippen LogP contribution in [0, 0.1) is 6.92 Å². The SMILES string of the molecule is CO[C@@H]1CCCN(C(=O)c2ccc(-c3nc(C)nc4ccccc34)cc2)C1. The number of piperidine rings is 1. The highest BCUT2D eigenvalue weighted by Gasteiger charge is 2.24. The quantitative estimate of drug-likeness (QED) is 0.711. The summed E-state index contributed by atoms with van der Waals surface area (Å²) < 4.78 is 5.43. The third kappa shape index (κ3) is 3.55. The van der Waals surface area contributed by atoms with Gasteiger partial charge in [-0.05, 0) is 38.0 Å². The molecule has 2 aromatic carbocycles. The predicted octanol–water partition coefficient (Wildman–Crippen LogP) is 3.86. The van der Waals surface area contributed by atoms with E-state index in [-0.39, 0.29) is 12.0 Å². The van der Waals surface area contributed by atoms with Crippen LogP contribution in [0.2, 0.25) is 0 Å². The van der Waals surface area contributed by atoms with Crippen LogP contribution in [0.5, 0.6) is 0 Å². The Morgan fingerprint density at radius 2 is 1.89 bits per heavy atom. The number of ether oxygens (including phenoxy) is 1. The number of likely N-dealkylation sites (tertiary alicyclic amines) is 1. The molecule has 3 aromatic rings. The number of methoxy groups -OCH3 is 1. The Bertz CT molecular complexity index is 969. The van der Waals surface area contributed by atoms with Gasteiger partial charge in [0.25, 0.3) is 5.91 Å². The van der Waals surface area contributed by atoms with Crippen molar-refractivity contribution in [1.29, 1.82) is 0 Å². The van der Waals surface area contributed by atoms with Crippen LogP contribution in [0.15, 0.2) is 48.5 Å². The Balaban J connectivity index is 1.62. The fourth-order valence-corrected chi connectivity index (χ4v) is 3.68. The average molecular weight is 361 g/mol. The number of hydrogen-bond acceptors (Lipinski definition) is 4. The second-order valence-electron chi connectivity index (χ2n) is 6.97. The number of fused-ring (bicyclic) bond motifs is 1. The van der Waals surface area contributed by atoms with Crippen LogP contribution in [0.4, 0.5) is 0 Å². The molecular weight excluding hydrogens is 338 g/mol. The maximum Gasteiger partial charge on any atom is 0.253 e. The van der Waals surface area contributed by atoms with Gasteiger partial charge >= 0.3 is 0 Å². The summed E-state index contributed by atoms with van der Waals surface area (Å²) in [5, 5.41) is 1.01. The van der Waals surface area contributed by atoms with Crippen molar-refractivity contribution in [2.24, 2.45) is 0 Å². The number of benzene rings is 2. The first-order valence-electron chi connectivity index (χ1n) is 9.31. The third-order valence-corrected chi connectivity index (χ3v) is 5.12. The molecule has 0 bridgehead atoms. The number of amides is 1. The van der Waals surface area contributed by atoms with E-state index in [0.29, 0.717) is 12.1 Å². The van der Waals surface area contributed by atoms with E-state index in [1.165, 1.54) is 0 Å². The lowest BCUT2D eigenvalue weighted by atomic mass is 10.0. The van der Waals surface area contributed by atoms with Crippen molar-refractivity contribution in [3.05, 3.63) is 59.9 Å². The molecule has 0 unspecified atom stereocenters. The van der Waals surface area contributed by atoms with Gasteiger partial charge in [0.15, 0.2) is 0 Å². The van der Waals surface area contributed by atoms with E-state index in [1.54, 1.807) is 7.11 Å². The molecule has 0 N–H and O–H groups in total. The minimum atomic E-state index is 0.0621. The van der Waals surface area contributed by atoms with Gasteiger partial charge in [0.1, 0.15) is 5.82 Å². The molecule has 5 nitrogen and oxygen atoms in total. The number of aryl methyl sites for hydroxylation is 1. The molecule has 1 atom stereocenters. The number of para-hydroxylation sites is 1. The summed E-state index contributed by atoms with van der Waals surface area (Å²) >= 11 is 0. The first-order valence-corrected chi connectivity index (χ1v) is 9.31. The van der Waals surface area contributed by atoms with Gasteiger partial charge in [-0.3, -0.25) is 4.79 Å². The molecule has 4 rings (SSSR count). The summed E-state index contributed by atoms with van der Waals surface area (Å²) in [4.78, 5) is 23.8. The van der Waals surface area contributed by atoms with Crippen molar-refractivity contribution >= 4 is 16.8 Å². The smallest absolute Gasteiger partial charge is 0.253 e. The van der Waals surface area contributed by atoms with Gasteiger partial charge in [0.2, 0.25) is 0 Å². The molecule has 0 aliphatic carbocycles. The number of carbonyl (C=O) groups is 1. The molecular formula is C22H23N3O2. The van der Waals surface area contributed by atoms with Crippen LogP contribution < -0.4 is 0 Å². The first-order chi connectivity index (χ1) is 13.2. The summed E-state index contributed by atoms with van der Waals surface area (Å²) in [6.45, 7) is 3.35. The summed E-state index contributed by atoms with van der Waals surface area (Å²) in [5.41, 5.74) is 3.51. The van der Waals surface area contributed by atoms with Crippen LogP contribution in [0.25, 0.3) is 22.2 Å². The Labute approximate surface area is 159 Å². The van der Waals surface area contributed by atoms with Crippen molar-refractivity contribution in [3.8, 4) is 11.3 Å². The van der Waals surface area contributed by atoms with Crippen molar-refractivity contribution in [2.45, 2.75) is 25.9 Å². The van der Waals surface area contributed by atoms with E-state index in [0.717, 1.165) is 47.4 Å². The summed E-state index contributed by atoms with van der Waals surface area (Å²) in [6.07, 6.45) is 2.13. The number of carbonyl (C=O) groups excluding carboxylic acids is 1. The number of aromatic nitrogens is 2. The minimum absolute atomic E-state index is 0.0621. The van der Waals surface area contributed by atoms with Gasteiger partial charge in [0, 0.05) is 36.7 Å². The zero-order chi connectivity index (χ0) is 18.8. The molecule has 0 spiro atoms. The minimum Gasteiger partial charge on any atom is -0.380 e. The van der Waals surface area contributed by atoms with Crippen LogP contribution in [-0.4, -0.2) is 47.1 Å². The van der Waals surface area contributed by atoms with E-state index in [4.69, 9.17) is 4.74 Å². The zero-order valence-electron chi connectivity index (χ0n) is 15.7. The molecule has 1 aliphatic rings. The average Bonchev–Trinajstić information content (AvgIpc) is 2.72. The normalized spacial score (nSPS) is 17.3. The van der Waals surface area contributed by atoms with Crippen molar-refractivity contribution in [3.63, 3.8) is 0 Å². The molecule has 27 heavy (non-hydrogen) atoms. The van der Waals surface area contributed by atoms with Gasteiger partial charge in [0.05, 0.1) is 17.3 Å². The second kappa shape index (κ2) is 7.45. The lowest BCUT2D eigenvalue weighted by Gasteiger charge is -2.32. The van der Waals surface area contributed by atoms with Gasteiger partial charge in [-0.2, -0.15) is 0 Å². The molecule has 138 valence electrons. The summed E-state index contributed by atoms with van der Waals surface area (Å²) in [5.74, 6) is 0.801. The zero-order valence-corrected chi connectivity index (χ0v) is 15.7. The summed E-state index contributed by atoms with van der Waals surface area (Å²) in [6, 6.07) is 15.7. The summed E-state index contributed by atoms with van der Waals surface area (Å²) in [7, 11) is 1.71. The first kappa shape index (κ1) is 17.6. The standard InChI is InChI=1S/C22H23N3O2/c1-15-23-20-8-4-3-7-19(20)21(24-15)16-9-11-17(12-10-16)22(26)25-13-5-6-18(14-25)27-2/h3-4,7-12,18H,5-6,13-14H2,1-2H3/t18-/m1/s1. The Morgan fingerprint density at radius 3 is 2.67 bits per heavy atom. The molecule has 1 aliphatic heterocycles. The number of hydrogen-bond donors (Lipinski definition) is 0. The van der Waals surface area contributed by atoms with E-state index >= 15 is 0 Å². The molecule has 1 amide bonds. The maximum absolute atomic E-state index is 12.8. The lowest BCUT2D eigenvalue weighted by molar-refractivity contribution is 0.0269. The largest absolute Gasteiger partial charge is 0.380 e. The molecule has 2 heterocycles. The third-order valence-electron chi connectivity index (χ3n) is 5.12. The molecule has 1 fully saturated rings. The predicted molar refractivity (Wildman–Crippen MR) is 106 cm³/mol. The molecule has 5 heteroatoms. The van der Waals surface area contributed by atoms with Crippen molar-refractivity contribution in [2.75, 3.05) is 20.2 Å². The fourth-order valence-electron chi connectivity index (χ4n) is 3.68. The van der Waals surface area contributed by atoms with E-state index in [2.05, 4.69) is 9.97 Å². The Kier molecular flexibility index (Phi) is 4.86. The van der Waals surface area contributed by atoms with Crippen molar-refractivity contribution in [1.82, 2.24) is 14.9 Å². The monoisotopic (exact) mass is 361 g/mol. The molecule has 0 saturated carbocycles. The molecule has 1 saturated heterocycles. The highest BCUT2D eigenvalue weighted by atomic mass is 16.5. The van der Waals surface area contributed by atoms with Crippen molar-refractivity contribution < 1.29 is 9.53 Å². The van der Waals surface area contributed by atoms with E-state index < -0.39 is 0 Å². The van der Waals surface area contributed by atoms with E-state index in [9.17, 15) is 4.79 Å². The topological polar surface area (TPSA) is 55.3 Å². The number of nitrogens with zero attached hydrogens (tertiary/aromatic N) is 3. The lowest BCUT2D eigenvalue weighted by Crippen LogP contribution is -2.42. The van der Waals surface area contributed by atoms with Gasteiger partial charge in [-0.15, -0.1) is 0 Å². The second-order valence-corrected chi connectivity index (χ2v) is 6.97. The molecule has 0 radical (unpaired) electrons. The van der Waals surface area contributed by atoms with Gasteiger partial charge in [-0.25, -0.2) is 9.97 Å². The van der Waals surface area contributed by atoms with Gasteiger partial charge in [-0.1, -0.05) is 30.3 Å². The van der Waals surface area contributed by atoms with Crippen LogP contribution >= 0.6 is 0 Å². The van der Waals surface area contributed by atoms with Gasteiger partial charge < -0.3 is 9.64 Å². The highest BCUT2D eigenvalue weighted by Crippen LogP contribution is 2.26. The van der Waals surface area contributed by atoms with Crippen LogP contribution in [0.1, 0.15) is 29.0 Å². The fraction of sp³-hybridized carbons (Fsp3) is 0.318. The van der Waals surface area contributed by atoms with Crippen LogP contribution in [0.3, 0.4) is 0 Å². The number of rotatable bonds is 3. The highest BCUT2D eigenvalue weighted by molar-refractivity contribution is 5.96. The Hall–Kier alpha value is -2.79. The maximum atomic E-state index is 12.8. The van der Waals surface area contributed by atoms with E-state index in [1.807, 2.05) is 60.4 Å².